The summed E-state index contributed by atoms with van der Waals surface area (Å²) in [5, 5.41) is 6.86. The highest BCUT2D eigenvalue weighted by molar-refractivity contribution is 7.89. The van der Waals surface area contributed by atoms with Gasteiger partial charge in [-0.25, -0.2) is 18.0 Å². The van der Waals surface area contributed by atoms with Gasteiger partial charge in [-0.3, -0.25) is 9.48 Å². The summed E-state index contributed by atoms with van der Waals surface area (Å²) in [6, 6.07) is 0. The number of ether oxygens (including phenoxy) is 2. The molecule has 0 spiro atoms. The number of hydrogen-bond donors (Lipinski definition) is 1. The van der Waals surface area contributed by atoms with Crippen LogP contribution in [0.4, 0.5) is 5.00 Å². The van der Waals surface area contributed by atoms with Crippen molar-refractivity contribution in [3.63, 3.8) is 0 Å². The van der Waals surface area contributed by atoms with Crippen LogP contribution in [0.25, 0.3) is 0 Å². The molecule has 1 aliphatic heterocycles. The van der Waals surface area contributed by atoms with E-state index in [1.807, 2.05) is 0 Å². The largest absolute Gasteiger partial charge is 0.465 e. The Hall–Kier alpha value is -2.77. The van der Waals surface area contributed by atoms with Crippen LogP contribution in [0.5, 0.6) is 0 Å². The fourth-order valence-corrected chi connectivity index (χ4v) is 6.52. The molecule has 1 N–H and O–H groups in total. The number of carbonyl (C=O) groups excluding carboxylic acids is 3. The Bertz CT molecular complexity index is 1200. The number of methoxy groups -OCH3 is 2. The molecule has 3 heterocycles. The number of carbonyl (C=O) groups is 3. The molecule has 0 aromatic carbocycles. The number of nitrogens with zero attached hydrogens (tertiary/aromatic N) is 3. The summed E-state index contributed by atoms with van der Waals surface area (Å²) < 4.78 is 38.6. The molecule has 1 aliphatic rings. The SMILES string of the molecule is COC(=O)c1sc(NC(=O)[C@@H]2CCCN(S(=O)(=O)c3cnn(C)c3C)C2)c(C(=O)OC)c1C. The van der Waals surface area contributed by atoms with Crippen LogP contribution in [0.15, 0.2) is 11.1 Å². The quantitative estimate of drug-likeness (QED) is 0.595. The molecule has 0 radical (unpaired) electrons. The van der Waals surface area contributed by atoms with Gasteiger partial charge in [0.2, 0.25) is 15.9 Å². The van der Waals surface area contributed by atoms with Crippen molar-refractivity contribution in [3.8, 4) is 0 Å². The van der Waals surface area contributed by atoms with Crippen LogP contribution in [0.2, 0.25) is 0 Å². The van der Waals surface area contributed by atoms with Crippen LogP contribution in [0.3, 0.4) is 0 Å². The summed E-state index contributed by atoms with van der Waals surface area (Å²) in [5.41, 5.74) is 0.921. The molecule has 2 aromatic rings. The lowest BCUT2D eigenvalue weighted by molar-refractivity contribution is -0.120. The molecule has 180 valence electrons. The molecule has 0 unspecified atom stereocenters. The summed E-state index contributed by atoms with van der Waals surface area (Å²) >= 11 is 0.913. The minimum atomic E-state index is -3.82. The molecule has 0 aliphatic carbocycles. The second-order valence-corrected chi connectivity index (χ2v) is 10.6. The molecule has 0 bridgehead atoms. The number of hydrogen-bond acceptors (Lipinski definition) is 9. The first-order valence-corrected chi connectivity index (χ1v) is 12.4. The van der Waals surface area contributed by atoms with E-state index in [2.05, 4.69) is 10.4 Å². The van der Waals surface area contributed by atoms with Gasteiger partial charge in [-0.05, 0) is 32.3 Å². The first kappa shape index (κ1) is 24.9. The van der Waals surface area contributed by atoms with E-state index in [0.717, 1.165) is 11.3 Å². The van der Waals surface area contributed by atoms with E-state index < -0.39 is 33.8 Å². The third kappa shape index (κ3) is 4.66. The van der Waals surface area contributed by atoms with Crippen LogP contribution in [-0.2, 0) is 31.3 Å². The maximum atomic E-state index is 13.1. The van der Waals surface area contributed by atoms with Crippen molar-refractivity contribution in [1.29, 1.82) is 0 Å². The molecular formula is C20H26N4O7S2. The summed E-state index contributed by atoms with van der Waals surface area (Å²) in [5.74, 6) is -2.42. The van der Waals surface area contributed by atoms with Crippen LogP contribution in [0, 0.1) is 19.8 Å². The number of aromatic nitrogens is 2. The number of rotatable bonds is 6. The molecule has 0 saturated carbocycles. The lowest BCUT2D eigenvalue weighted by Crippen LogP contribution is -2.43. The van der Waals surface area contributed by atoms with Gasteiger partial charge in [0, 0.05) is 20.1 Å². The van der Waals surface area contributed by atoms with E-state index in [9.17, 15) is 22.8 Å². The zero-order valence-corrected chi connectivity index (χ0v) is 20.6. The Kier molecular flexibility index (Phi) is 7.24. The van der Waals surface area contributed by atoms with Crippen LogP contribution in [-0.4, -0.2) is 67.7 Å². The van der Waals surface area contributed by atoms with E-state index in [0.29, 0.717) is 30.6 Å². The van der Waals surface area contributed by atoms with E-state index >= 15 is 0 Å². The van der Waals surface area contributed by atoms with E-state index in [-0.39, 0.29) is 26.9 Å². The number of sulfonamides is 1. The Balaban J connectivity index is 1.84. The number of esters is 2. The number of nitrogens with one attached hydrogen (secondary N) is 1. The van der Waals surface area contributed by atoms with Gasteiger partial charge in [-0.2, -0.15) is 9.40 Å². The average molecular weight is 499 g/mol. The van der Waals surface area contributed by atoms with Gasteiger partial charge in [-0.1, -0.05) is 0 Å². The standard InChI is InChI=1S/C20H26N4O7S2/c1-11-15(19(26)30-4)18(32-16(11)20(27)31-5)22-17(25)13-7-6-8-24(10-13)33(28,29)14-9-21-23(3)12(14)2/h9,13H,6-8,10H2,1-5H3,(H,22,25)/t13-/m1/s1. The number of anilines is 1. The predicted octanol–water partition coefficient (Wildman–Crippen LogP) is 1.71. The Morgan fingerprint density at radius 2 is 1.85 bits per heavy atom. The fourth-order valence-electron chi connectivity index (χ4n) is 3.70. The first-order chi connectivity index (χ1) is 15.5. The molecule has 1 amide bonds. The molecule has 13 heteroatoms. The number of amides is 1. The summed E-state index contributed by atoms with van der Waals surface area (Å²) in [6.07, 6.45) is 2.28. The molecule has 2 aromatic heterocycles. The monoisotopic (exact) mass is 498 g/mol. The molecule has 3 rings (SSSR count). The highest BCUT2D eigenvalue weighted by Gasteiger charge is 2.36. The molecule has 1 fully saturated rings. The minimum absolute atomic E-state index is 0.00965. The number of thiophene rings is 1. The topological polar surface area (TPSA) is 137 Å². The summed E-state index contributed by atoms with van der Waals surface area (Å²) in [6.45, 7) is 3.51. The maximum absolute atomic E-state index is 13.1. The van der Waals surface area contributed by atoms with Crippen molar-refractivity contribution < 1.29 is 32.3 Å². The summed E-state index contributed by atoms with van der Waals surface area (Å²) in [7, 11) is 0.264. The molecule has 33 heavy (non-hydrogen) atoms. The van der Waals surface area contributed by atoms with E-state index in [4.69, 9.17) is 9.47 Å². The van der Waals surface area contributed by atoms with Gasteiger partial charge < -0.3 is 14.8 Å². The van der Waals surface area contributed by atoms with Crippen LogP contribution < -0.4 is 5.32 Å². The van der Waals surface area contributed by atoms with Gasteiger partial charge in [0.05, 0.1) is 37.6 Å². The van der Waals surface area contributed by atoms with Gasteiger partial charge >= 0.3 is 11.9 Å². The summed E-state index contributed by atoms with van der Waals surface area (Å²) in [4.78, 5) is 37.7. The Labute approximate surface area is 195 Å². The van der Waals surface area contributed by atoms with Crippen molar-refractivity contribution >= 4 is 44.2 Å². The second kappa shape index (κ2) is 9.61. The van der Waals surface area contributed by atoms with Gasteiger partial charge in [0.15, 0.2) is 0 Å². The molecule has 11 nitrogen and oxygen atoms in total. The third-order valence-corrected chi connectivity index (χ3v) is 8.86. The lowest BCUT2D eigenvalue weighted by atomic mass is 9.99. The van der Waals surface area contributed by atoms with Crippen LogP contribution in [0.1, 0.15) is 44.1 Å². The van der Waals surface area contributed by atoms with Gasteiger partial charge in [-0.15, -0.1) is 11.3 Å². The van der Waals surface area contributed by atoms with Crippen LogP contribution >= 0.6 is 11.3 Å². The molecule has 1 atom stereocenters. The highest BCUT2D eigenvalue weighted by atomic mass is 32.2. The normalized spacial score (nSPS) is 16.9. The predicted molar refractivity (Wildman–Crippen MR) is 120 cm³/mol. The zero-order chi connectivity index (χ0) is 24.5. The lowest BCUT2D eigenvalue weighted by Gasteiger charge is -2.31. The second-order valence-electron chi connectivity index (χ2n) is 7.65. The molecular weight excluding hydrogens is 472 g/mol. The highest BCUT2D eigenvalue weighted by Crippen LogP contribution is 2.35. The van der Waals surface area contributed by atoms with Crippen molar-refractivity contribution in [2.75, 3.05) is 32.6 Å². The van der Waals surface area contributed by atoms with Gasteiger partial charge in [0.1, 0.15) is 14.8 Å². The third-order valence-electron chi connectivity index (χ3n) is 5.71. The zero-order valence-electron chi connectivity index (χ0n) is 19.0. The molecule has 1 saturated heterocycles. The van der Waals surface area contributed by atoms with Crippen molar-refractivity contribution in [1.82, 2.24) is 14.1 Å². The van der Waals surface area contributed by atoms with E-state index in [1.165, 1.54) is 29.4 Å². The van der Waals surface area contributed by atoms with Crippen molar-refractivity contribution in [3.05, 3.63) is 27.9 Å². The maximum Gasteiger partial charge on any atom is 0.348 e. The average Bonchev–Trinajstić information content (AvgIpc) is 3.31. The smallest absolute Gasteiger partial charge is 0.348 e. The fraction of sp³-hybridized carbons (Fsp3) is 0.500. The Morgan fingerprint density at radius 3 is 2.42 bits per heavy atom. The van der Waals surface area contributed by atoms with Crippen molar-refractivity contribution in [2.45, 2.75) is 31.6 Å². The minimum Gasteiger partial charge on any atom is -0.465 e. The van der Waals surface area contributed by atoms with Gasteiger partial charge in [0.25, 0.3) is 0 Å². The number of aryl methyl sites for hydroxylation is 1. The van der Waals surface area contributed by atoms with Crippen molar-refractivity contribution in [2.24, 2.45) is 13.0 Å². The number of piperidine rings is 1. The first-order valence-electron chi connectivity index (χ1n) is 10.1. The Morgan fingerprint density at radius 1 is 1.18 bits per heavy atom. The van der Waals surface area contributed by atoms with E-state index in [1.54, 1.807) is 20.9 Å².